The summed E-state index contributed by atoms with van der Waals surface area (Å²) in [7, 11) is 6.45. The highest BCUT2D eigenvalue weighted by molar-refractivity contribution is 6.38. The Labute approximate surface area is 403 Å². The number of hydrazone groups is 1. The van der Waals surface area contributed by atoms with Gasteiger partial charge in [-0.15, -0.1) is 0 Å². The second-order valence-electron chi connectivity index (χ2n) is 16.8. The number of benzene rings is 2. The molecule has 17 nitrogen and oxygen atoms in total. The maximum atomic E-state index is 13.5. The lowest BCUT2D eigenvalue weighted by molar-refractivity contribution is -0.134. The summed E-state index contributed by atoms with van der Waals surface area (Å²) < 4.78 is 11.7. The summed E-state index contributed by atoms with van der Waals surface area (Å²) in [5, 5.41) is 10.0. The molecular weight excluding hydrogens is 863 g/mol. The van der Waals surface area contributed by atoms with Crippen molar-refractivity contribution in [3.63, 3.8) is 0 Å². The van der Waals surface area contributed by atoms with Crippen molar-refractivity contribution in [1.29, 1.82) is 0 Å². The first-order valence-electron chi connectivity index (χ1n) is 23.8. The quantitative estimate of drug-likeness (QED) is 0.0364. The monoisotopic (exact) mass is 936 g/mol. The van der Waals surface area contributed by atoms with E-state index in [2.05, 4.69) is 49.9 Å². The molecule has 0 radical (unpaired) electrons. The van der Waals surface area contributed by atoms with Gasteiger partial charge in [-0.25, -0.2) is 4.99 Å². The molecule has 0 spiro atoms. The second-order valence-corrected chi connectivity index (χ2v) is 16.8. The number of nitrogens with two attached hydrogens (primary N) is 2. The van der Waals surface area contributed by atoms with Gasteiger partial charge in [0.2, 0.25) is 12.3 Å². The predicted octanol–water partition coefficient (Wildman–Crippen LogP) is 5.12. The molecule has 4 aliphatic rings. The highest BCUT2D eigenvalue weighted by atomic mass is 16.5. The molecule has 2 saturated carbocycles. The van der Waals surface area contributed by atoms with Gasteiger partial charge in [0.25, 0.3) is 5.91 Å². The second kappa shape index (κ2) is 28.8. The van der Waals surface area contributed by atoms with Crippen molar-refractivity contribution in [3.05, 3.63) is 70.5 Å². The molecule has 1 saturated heterocycles. The van der Waals surface area contributed by atoms with Gasteiger partial charge < -0.3 is 51.2 Å². The van der Waals surface area contributed by atoms with Gasteiger partial charge in [0, 0.05) is 62.2 Å². The van der Waals surface area contributed by atoms with Crippen molar-refractivity contribution < 1.29 is 28.7 Å². The number of hydrogen-bond acceptors (Lipinski definition) is 13. The summed E-state index contributed by atoms with van der Waals surface area (Å²) in [6.07, 6.45) is 16.1. The van der Waals surface area contributed by atoms with Gasteiger partial charge in [-0.2, -0.15) is 5.10 Å². The summed E-state index contributed by atoms with van der Waals surface area (Å²) >= 11 is 0. The summed E-state index contributed by atoms with van der Waals surface area (Å²) in [6.45, 7) is 9.90. The summed E-state index contributed by atoms with van der Waals surface area (Å²) in [5.74, 6) is 13.4. The molecule has 2 heterocycles. The van der Waals surface area contributed by atoms with Crippen LogP contribution in [0.2, 0.25) is 0 Å². The van der Waals surface area contributed by atoms with Gasteiger partial charge in [-0.3, -0.25) is 24.4 Å². The summed E-state index contributed by atoms with van der Waals surface area (Å²) in [5.41, 5.74) is 9.38. The molecule has 68 heavy (non-hydrogen) atoms. The number of likely N-dealkylation sites (N-methyl/N-ethyl adjacent to an activating group) is 1. The van der Waals surface area contributed by atoms with Crippen molar-refractivity contribution in [1.82, 2.24) is 25.3 Å². The zero-order valence-corrected chi connectivity index (χ0v) is 40.9. The highest BCUT2D eigenvalue weighted by Gasteiger charge is 2.43. The molecule has 368 valence electrons. The van der Waals surface area contributed by atoms with Crippen LogP contribution in [0.25, 0.3) is 0 Å². The number of carbonyl (C=O) groups is 4. The molecule has 2 aromatic rings. The van der Waals surface area contributed by atoms with Gasteiger partial charge in [0.15, 0.2) is 5.84 Å². The fraction of sp³-hybridized carbons (Fsp3) is 0.529. The Bertz CT molecular complexity index is 2180. The smallest absolute Gasteiger partial charge is 0.255 e. The lowest BCUT2D eigenvalue weighted by Crippen LogP contribution is -2.60. The number of methoxy groups -OCH3 is 1. The largest absolute Gasteiger partial charge is 0.494 e. The minimum Gasteiger partial charge on any atom is -0.494 e. The van der Waals surface area contributed by atoms with E-state index in [1.807, 2.05) is 50.2 Å². The molecule has 2 unspecified atom stereocenters. The molecule has 0 aromatic heterocycles. The number of rotatable bonds is 19. The van der Waals surface area contributed by atoms with Gasteiger partial charge >= 0.3 is 0 Å². The van der Waals surface area contributed by atoms with E-state index in [0.29, 0.717) is 79.3 Å². The number of nitrogens with one attached hydrogen (secondary N) is 2. The van der Waals surface area contributed by atoms with E-state index in [1.165, 1.54) is 7.05 Å². The van der Waals surface area contributed by atoms with E-state index in [4.69, 9.17) is 30.1 Å². The maximum Gasteiger partial charge on any atom is 0.255 e. The molecule has 6 rings (SSSR count). The molecule has 2 aliphatic carbocycles. The molecule has 6 N–H and O–H groups in total. The fourth-order valence-corrected chi connectivity index (χ4v) is 9.12. The fourth-order valence-electron chi connectivity index (χ4n) is 9.12. The first kappa shape index (κ1) is 54.4. The Morgan fingerprint density at radius 2 is 1.79 bits per heavy atom. The molecule has 3 amide bonds. The third-order valence-corrected chi connectivity index (χ3v) is 12.6. The highest BCUT2D eigenvalue weighted by Crippen LogP contribution is 2.36. The van der Waals surface area contributed by atoms with Crippen LogP contribution >= 0.6 is 0 Å². The van der Waals surface area contributed by atoms with Crippen LogP contribution in [0.3, 0.4) is 0 Å². The number of amidine groups is 1. The average Bonchev–Trinajstić information content (AvgIpc) is 4.03. The SMILES string of the molecule is C=N/C=C1\C(=Nc2ccc(/C(C=NC3CCC(NCCCOCC#Cc4cccc5c4CN(C(C=O)CCC)C5=O)CC3)=N/N)cc2OC)N(C2CCCC2)C(CC)C(=O)N1C.CN.CNC=O. The number of fused-ring (bicyclic) bond motifs is 1. The Morgan fingerprint density at radius 3 is 2.43 bits per heavy atom. The Kier molecular flexibility index (Phi) is 23.1. The van der Waals surface area contributed by atoms with E-state index >= 15 is 0 Å². The lowest BCUT2D eigenvalue weighted by atomic mass is 9.91. The van der Waals surface area contributed by atoms with E-state index in [1.54, 1.807) is 43.4 Å². The number of carbonyl (C=O) groups excluding carboxylic acids is 4. The zero-order chi connectivity index (χ0) is 49.4. The van der Waals surface area contributed by atoms with Crippen LogP contribution in [0.4, 0.5) is 5.69 Å². The van der Waals surface area contributed by atoms with E-state index < -0.39 is 6.04 Å². The van der Waals surface area contributed by atoms with Crippen LogP contribution in [0.5, 0.6) is 5.75 Å². The zero-order valence-electron chi connectivity index (χ0n) is 40.9. The van der Waals surface area contributed by atoms with Crippen molar-refractivity contribution in [2.75, 3.05) is 48.0 Å². The maximum absolute atomic E-state index is 13.5. The number of ether oxygens (including phenoxy) is 2. The minimum absolute atomic E-state index is 0.0313. The first-order valence-corrected chi connectivity index (χ1v) is 23.8. The van der Waals surface area contributed by atoms with Crippen molar-refractivity contribution in [2.24, 2.45) is 31.7 Å². The summed E-state index contributed by atoms with van der Waals surface area (Å²) in [6, 6.07) is 11.4. The van der Waals surface area contributed by atoms with Crippen LogP contribution in [-0.4, -0.2) is 142 Å². The van der Waals surface area contributed by atoms with Crippen molar-refractivity contribution in [3.8, 4) is 17.6 Å². The van der Waals surface area contributed by atoms with Crippen LogP contribution in [-0.2, 0) is 25.7 Å². The number of hydrogen-bond donors (Lipinski definition) is 4. The van der Waals surface area contributed by atoms with Gasteiger partial charge in [-0.05, 0) is 108 Å². The van der Waals surface area contributed by atoms with Crippen LogP contribution < -0.4 is 26.9 Å². The van der Waals surface area contributed by atoms with Crippen molar-refractivity contribution >= 4 is 54.7 Å². The Hall–Kier alpha value is -6.22. The third kappa shape index (κ3) is 14.2. The lowest BCUT2D eigenvalue weighted by Gasteiger charge is -2.45. The normalized spacial score (nSPS) is 21.1. The third-order valence-electron chi connectivity index (χ3n) is 12.6. The van der Waals surface area contributed by atoms with E-state index in [9.17, 15) is 14.4 Å². The minimum atomic E-state index is -0.407. The number of aldehydes is 1. The summed E-state index contributed by atoms with van der Waals surface area (Å²) in [4.78, 5) is 66.7. The molecule has 3 fully saturated rings. The Balaban J connectivity index is 0.00000159. The number of piperazine rings is 1. The van der Waals surface area contributed by atoms with Gasteiger partial charge in [0.1, 0.15) is 41.8 Å². The molecule has 2 aromatic carbocycles. The van der Waals surface area contributed by atoms with Crippen LogP contribution in [0.15, 0.2) is 68.4 Å². The first-order chi connectivity index (χ1) is 33.2. The number of amides is 3. The molecule has 17 heteroatoms. The van der Waals surface area contributed by atoms with Gasteiger partial charge in [-0.1, -0.05) is 57.1 Å². The standard InChI is InChI=1S/C48H63N9O5.C2H5NO.CH5N/c1-6-13-38(32-58)56-31-40-33(14-10-18-39(40)47(56)59)15-11-26-62-27-12-25-51-35-20-22-36(23-21-35)52-29-42(54-49)34-19-24-41(45(28-34)61-5)53-46-44(30-50-3)55(4)48(60)43(7-2)57(46)37-16-8-9-17-37;1-3-2-4;1-2/h10,14,18-19,24,28-30,32,35-38,43,51H,3,6-9,12-13,16-17,20-23,25-27,31,49H2,1-2,4-5H3;2H,1H3,(H,3,4);2H2,1H3/b44-30+,52-29?,53-46?,54-42+;;. The van der Waals surface area contributed by atoms with Crippen LogP contribution in [0, 0.1) is 11.8 Å². The predicted molar refractivity (Wildman–Crippen MR) is 271 cm³/mol. The van der Waals surface area contributed by atoms with Crippen LogP contribution in [0.1, 0.15) is 118 Å². The van der Waals surface area contributed by atoms with Crippen molar-refractivity contribution in [2.45, 2.75) is 128 Å². The topological polar surface area (TPSA) is 222 Å². The molecule has 2 aliphatic heterocycles. The average molecular weight is 936 g/mol. The number of nitrogens with zero attached hydrogens (tertiary/aromatic N) is 7. The molecular formula is C51H73N11O6. The molecule has 0 bridgehead atoms. The van der Waals surface area contributed by atoms with Gasteiger partial charge in [0.05, 0.1) is 25.4 Å². The molecule has 2 atom stereocenters. The van der Waals surface area contributed by atoms with E-state index in [-0.39, 0.29) is 29.9 Å². The Morgan fingerprint density at radius 1 is 1.06 bits per heavy atom. The van der Waals surface area contributed by atoms with E-state index in [0.717, 1.165) is 93.7 Å². The number of aliphatic imine (C=N–C) groups is 3.